The lowest BCUT2D eigenvalue weighted by Gasteiger charge is -2.04. The van der Waals surface area contributed by atoms with E-state index in [1.165, 1.54) is 42.1 Å². The van der Waals surface area contributed by atoms with Crippen LogP contribution < -0.4 is 0 Å². The van der Waals surface area contributed by atoms with Crippen LogP contribution in [0.5, 0.6) is 0 Å². The minimum absolute atomic E-state index is 0.307. The molecule has 0 saturated carbocycles. The number of rotatable bonds is 5. The van der Waals surface area contributed by atoms with Crippen molar-refractivity contribution in [3.8, 4) is 0 Å². The minimum Gasteiger partial charge on any atom is -0.248 e. The first kappa shape index (κ1) is 18.0. The van der Waals surface area contributed by atoms with E-state index >= 15 is 0 Å². The van der Waals surface area contributed by atoms with E-state index in [0.29, 0.717) is 17.0 Å². The van der Waals surface area contributed by atoms with Crippen LogP contribution in [0, 0.1) is 17.5 Å². The molecule has 130 valence electrons. The van der Waals surface area contributed by atoms with Gasteiger partial charge in [-0.2, -0.15) is 0 Å². The van der Waals surface area contributed by atoms with E-state index in [2.05, 4.69) is 4.99 Å². The standard InChI is InChI=1S/C21H14F3NS/c22-15-8-10-18(11-9-15)26-13-12-21(19-6-1-2-7-20(19)24)25-17-5-3-4-16(23)14-17/h1-14H. The Kier molecular flexibility index (Phi) is 5.92. The molecule has 3 aromatic carbocycles. The molecule has 3 rings (SSSR count). The quantitative estimate of drug-likeness (QED) is 0.368. The van der Waals surface area contributed by atoms with Crippen molar-refractivity contribution in [2.24, 2.45) is 4.99 Å². The molecule has 0 radical (unpaired) electrons. The smallest absolute Gasteiger partial charge is 0.132 e. The molecule has 5 heteroatoms. The van der Waals surface area contributed by atoms with Gasteiger partial charge in [0.25, 0.3) is 0 Å². The monoisotopic (exact) mass is 369 g/mol. The summed E-state index contributed by atoms with van der Waals surface area (Å²) in [6.07, 6.45) is 1.65. The Balaban J connectivity index is 1.91. The van der Waals surface area contributed by atoms with Gasteiger partial charge < -0.3 is 0 Å². The van der Waals surface area contributed by atoms with Crippen molar-refractivity contribution < 1.29 is 13.2 Å². The van der Waals surface area contributed by atoms with E-state index in [9.17, 15) is 13.2 Å². The van der Waals surface area contributed by atoms with Gasteiger partial charge >= 0.3 is 0 Å². The van der Waals surface area contributed by atoms with Crippen molar-refractivity contribution in [2.75, 3.05) is 0 Å². The number of benzene rings is 3. The summed E-state index contributed by atoms with van der Waals surface area (Å²) in [6, 6.07) is 18.1. The molecule has 0 heterocycles. The minimum atomic E-state index is -0.418. The fraction of sp³-hybridized carbons (Fsp3) is 0. The topological polar surface area (TPSA) is 12.4 Å². The lowest BCUT2D eigenvalue weighted by molar-refractivity contribution is 0.625. The fourth-order valence-corrected chi connectivity index (χ4v) is 2.88. The third-order valence-corrected chi connectivity index (χ3v) is 4.27. The van der Waals surface area contributed by atoms with Gasteiger partial charge in [0.05, 0.1) is 11.4 Å². The normalized spacial score (nSPS) is 11.9. The van der Waals surface area contributed by atoms with Crippen molar-refractivity contribution in [3.05, 3.63) is 107 Å². The molecule has 0 aliphatic heterocycles. The average molecular weight is 369 g/mol. The summed E-state index contributed by atoms with van der Waals surface area (Å²) in [5.41, 5.74) is 1.07. The maximum atomic E-state index is 14.2. The SMILES string of the molecule is Fc1ccc(SC=CC(=Nc2cccc(F)c2)c2ccccc2F)cc1. The first-order valence-electron chi connectivity index (χ1n) is 7.80. The van der Waals surface area contributed by atoms with Gasteiger partial charge in [-0.25, -0.2) is 18.2 Å². The number of halogens is 3. The lowest BCUT2D eigenvalue weighted by Crippen LogP contribution is -2.00. The Labute approximate surface area is 153 Å². The second kappa shape index (κ2) is 8.54. The molecule has 26 heavy (non-hydrogen) atoms. The molecule has 0 aliphatic carbocycles. The van der Waals surface area contributed by atoms with E-state index in [-0.39, 0.29) is 5.82 Å². The molecule has 0 spiro atoms. The number of aliphatic imine (C=N–C) groups is 1. The summed E-state index contributed by atoms with van der Waals surface area (Å²) in [4.78, 5) is 5.21. The zero-order valence-electron chi connectivity index (χ0n) is 13.6. The molecular formula is C21H14F3NS. The van der Waals surface area contributed by atoms with Crippen LogP contribution in [0.3, 0.4) is 0 Å². The summed E-state index contributed by atoms with van der Waals surface area (Å²) in [5, 5.41) is 1.73. The van der Waals surface area contributed by atoms with Crippen molar-refractivity contribution in [1.29, 1.82) is 0 Å². The predicted molar refractivity (Wildman–Crippen MR) is 100 cm³/mol. The highest BCUT2D eigenvalue weighted by Crippen LogP contribution is 2.22. The fourth-order valence-electron chi connectivity index (χ4n) is 2.23. The summed E-state index contributed by atoms with van der Waals surface area (Å²) >= 11 is 1.35. The number of nitrogens with zero attached hydrogens (tertiary/aromatic N) is 1. The van der Waals surface area contributed by atoms with Gasteiger partial charge in [-0.1, -0.05) is 30.0 Å². The highest BCUT2D eigenvalue weighted by atomic mass is 32.2. The molecule has 0 N–H and O–H groups in total. The number of thioether (sulfide) groups is 1. The van der Waals surface area contributed by atoms with E-state index in [0.717, 1.165) is 4.90 Å². The third kappa shape index (κ3) is 4.86. The van der Waals surface area contributed by atoms with E-state index in [1.807, 2.05) is 0 Å². The van der Waals surface area contributed by atoms with Crippen LogP contribution in [0.15, 0.2) is 94.2 Å². The zero-order chi connectivity index (χ0) is 18.4. The Morgan fingerprint density at radius 3 is 2.31 bits per heavy atom. The Morgan fingerprint density at radius 1 is 0.808 bits per heavy atom. The largest absolute Gasteiger partial charge is 0.248 e. The molecule has 0 saturated heterocycles. The molecule has 1 nitrogen and oxygen atoms in total. The van der Waals surface area contributed by atoms with Gasteiger partial charge in [-0.3, -0.25) is 0 Å². The summed E-state index contributed by atoms with van der Waals surface area (Å²) in [5.74, 6) is -1.14. The number of hydrogen-bond acceptors (Lipinski definition) is 2. The van der Waals surface area contributed by atoms with Crippen LogP contribution in [-0.2, 0) is 0 Å². The summed E-state index contributed by atoms with van der Waals surface area (Å²) in [6.45, 7) is 0. The Hall–Kier alpha value is -2.79. The van der Waals surface area contributed by atoms with Crippen LogP contribution in [0.4, 0.5) is 18.9 Å². The molecule has 0 aliphatic rings. The molecule has 0 amide bonds. The number of allylic oxidation sites excluding steroid dienone is 1. The molecule has 0 unspecified atom stereocenters. The molecule has 3 aromatic rings. The van der Waals surface area contributed by atoms with Gasteiger partial charge in [0.15, 0.2) is 0 Å². The van der Waals surface area contributed by atoms with E-state index < -0.39 is 11.6 Å². The van der Waals surface area contributed by atoms with Crippen LogP contribution in [0.25, 0.3) is 0 Å². The van der Waals surface area contributed by atoms with Crippen molar-refractivity contribution in [1.82, 2.24) is 0 Å². The number of hydrogen-bond donors (Lipinski definition) is 0. The lowest BCUT2D eigenvalue weighted by atomic mass is 10.1. The third-order valence-electron chi connectivity index (χ3n) is 3.45. The second-order valence-corrected chi connectivity index (χ2v) is 6.31. The predicted octanol–water partition coefficient (Wildman–Crippen LogP) is 6.53. The van der Waals surface area contributed by atoms with Gasteiger partial charge in [-0.05, 0) is 66.1 Å². The zero-order valence-corrected chi connectivity index (χ0v) is 14.4. The van der Waals surface area contributed by atoms with Crippen molar-refractivity contribution in [3.63, 3.8) is 0 Å². The molecule has 0 bridgehead atoms. The first-order valence-corrected chi connectivity index (χ1v) is 8.68. The van der Waals surface area contributed by atoms with Crippen molar-refractivity contribution in [2.45, 2.75) is 4.90 Å². The van der Waals surface area contributed by atoms with Gasteiger partial charge in [0.2, 0.25) is 0 Å². The van der Waals surface area contributed by atoms with Gasteiger partial charge in [0, 0.05) is 10.5 Å². The van der Waals surface area contributed by atoms with Crippen LogP contribution in [-0.4, -0.2) is 5.71 Å². The summed E-state index contributed by atoms with van der Waals surface area (Å²) in [7, 11) is 0. The Bertz CT molecular complexity index is 949. The maximum Gasteiger partial charge on any atom is 0.132 e. The van der Waals surface area contributed by atoms with Gasteiger partial charge in [0.1, 0.15) is 17.5 Å². The Morgan fingerprint density at radius 2 is 1.58 bits per heavy atom. The maximum absolute atomic E-state index is 14.2. The molecule has 0 aromatic heterocycles. The summed E-state index contributed by atoms with van der Waals surface area (Å²) < 4.78 is 40.5. The van der Waals surface area contributed by atoms with E-state index in [1.54, 1.807) is 53.9 Å². The highest BCUT2D eigenvalue weighted by molar-refractivity contribution is 8.02. The van der Waals surface area contributed by atoms with Crippen LogP contribution in [0.2, 0.25) is 0 Å². The van der Waals surface area contributed by atoms with Crippen molar-refractivity contribution >= 4 is 23.2 Å². The first-order chi connectivity index (χ1) is 12.6. The van der Waals surface area contributed by atoms with Crippen LogP contribution >= 0.6 is 11.8 Å². The van der Waals surface area contributed by atoms with Gasteiger partial charge in [-0.15, -0.1) is 0 Å². The molecule has 0 fully saturated rings. The molecule has 0 atom stereocenters. The second-order valence-electron chi connectivity index (χ2n) is 5.33. The highest BCUT2D eigenvalue weighted by Gasteiger charge is 2.07. The van der Waals surface area contributed by atoms with E-state index in [4.69, 9.17) is 0 Å². The van der Waals surface area contributed by atoms with Crippen LogP contribution in [0.1, 0.15) is 5.56 Å². The molecular weight excluding hydrogens is 355 g/mol. The average Bonchev–Trinajstić information content (AvgIpc) is 2.63.